The van der Waals surface area contributed by atoms with Crippen LogP contribution in [-0.4, -0.2) is 23.0 Å². The molecule has 0 heterocycles. The Hall–Kier alpha value is -4.85. The quantitative estimate of drug-likeness (QED) is 0.108. The molecule has 0 aromatic heterocycles. The molecule has 0 saturated carbocycles. The molecule has 6 nitrogen and oxygen atoms in total. The summed E-state index contributed by atoms with van der Waals surface area (Å²) in [5.74, 6) is -1.01. The zero-order valence-electron chi connectivity index (χ0n) is 23.9. The number of rotatable bonds is 10. The van der Waals surface area contributed by atoms with E-state index < -0.39 is 11.8 Å². The summed E-state index contributed by atoms with van der Waals surface area (Å²) in [6, 6.07) is 36.7. The lowest BCUT2D eigenvalue weighted by Gasteiger charge is -2.16. The van der Waals surface area contributed by atoms with E-state index in [-0.39, 0.29) is 16.9 Å². The van der Waals surface area contributed by atoms with Gasteiger partial charge >= 0.3 is 0 Å². The lowest BCUT2D eigenvalue weighted by atomic mass is 10.0. The van der Waals surface area contributed by atoms with Crippen molar-refractivity contribution in [1.29, 1.82) is 0 Å². The molecule has 0 fully saturated rings. The summed E-state index contributed by atoms with van der Waals surface area (Å²) in [5, 5.41) is 10.8. The van der Waals surface area contributed by atoms with Gasteiger partial charge in [-0.1, -0.05) is 91.3 Å². The van der Waals surface area contributed by atoms with Crippen molar-refractivity contribution >= 4 is 69.3 Å². The lowest BCUT2D eigenvalue weighted by molar-refractivity contribution is -0.116. The van der Waals surface area contributed by atoms with E-state index in [1.54, 1.807) is 60.7 Å². The van der Waals surface area contributed by atoms with E-state index in [2.05, 4.69) is 16.0 Å². The average Bonchev–Trinajstić information content (AvgIpc) is 3.04. The number of carbonyl (C=O) groups excluding carboxylic acids is 3. The Bertz CT molecular complexity index is 1840. The van der Waals surface area contributed by atoms with Crippen molar-refractivity contribution in [3.8, 4) is 0 Å². The van der Waals surface area contributed by atoms with Crippen molar-refractivity contribution in [2.45, 2.75) is 23.5 Å². The van der Waals surface area contributed by atoms with E-state index in [9.17, 15) is 14.4 Å². The van der Waals surface area contributed by atoms with Crippen molar-refractivity contribution in [3.05, 3.63) is 143 Å². The molecule has 0 aliphatic rings. The summed E-state index contributed by atoms with van der Waals surface area (Å²) in [7, 11) is 0. The van der Waals surface area contributed by atoms with Gasteiger partial charge in [0.05, 0.1) is 5.25 Å². The second kappa shape index (κ2) is 14.6. The number of halogens is 1. The Kier molecular flexibility index (Phi) is 10.1. The normalized spacial score (nSPS) is 11.9. The second-order valence-electron chi connectivity index (χ2n) is 9.94. The van der Waals surface area contributed by atoms with E-state index >= 15 is 0 Å². The monoisotopic (exact) mass is 619 g/mol. The minimum atomic E-state index is -0.477. The molecule has 0 spiro atoms. The van der Waals surface area contributed by atoms with Crippen LogP contribution in [0.2, 0.25) is 5.02 Å². The summed E-state index contributed by atoms with van der Waals surface area (Å²) in [5.41, 5.74) is 2.49. The molecule has 0 bridgehead atoms. The highest BCUT2D eigenvalue weighted by molar-refractivity contribution is 8.00. The molecule has 1 unspecified atom stereocenters. The Labute approximate surface area is 265 Å². The Morgan fingerprint density at radius 1 is 0.773 bits per heavy atom. The van der Waals surface area contributed by atoms with Crippen LogP contribution in [0.25, 0.3) is 16.8 Å². The third-order valence-corrected chi connectivity index (χ3v) is 8.37. The van der Waals surface area contributed by atoms with Crippen LogP contribution in [0.3, 0.4) is 0 Å². The van der Waals surface area contributed by atoms with Gasteiger partial charge < -0.3 is 16.0 Å². The van der Waals surface area contributed by atoms with Crippen molar-refractivity contribution in [2.24, 2.45) is 0 Å². The number of carbonyl (C=O) groups is 3. The van der Waals surface area contributed by atoms with Gasteiger partial charge in [-0.05, 0) is 77.4 Å². The molecule has 44 heavy (non-hydrogen) atoms. The summed E-state index contributed by atoms with van der Waals surface area (Å²) < 4.78 is 0. The molecule has 5 aromatic rings. The van der Waals surface area contributed by atoms with Gasteiger partial charge in [0, 0.05) is 26.9 Å². The summed E-state index contributed by atoms with van der Waals surface area (Å²) in [6.07, 6.45) is 2.28. The predicted molar refractivity (Wildman–Crippen MR) is 181 cm³/mol. The number of fused-ring (bicyclic) bond motifs is 1. The van der Waals surface area contributed by atoms with Gasteiger partial charge in [-0.3, -0.25) is 14.4 Å². The maximum Gasteiger partial charge on any atom is 0.272 e. The van der Waals surface area contributed by atoms with Gasteiger partial charge in [0.15, 0.2) is 0 Å². The van der Waals surface area contributed by atoms with Crippen molar-refractivity contribution in [1.82, 2.24) is 5.32 Å². The van der Waals surface area contributed by atoms with Crippen LogP contribution < -0.4 is 16.0 Å². The molecule has 5 rings (SSSR count). The number of benzene rings is 5. The number of anilines is 2. The van der Waals surface area contributed by atoms with Gasteiger partial charge in [-0.2, -0.15) is 0 Å². The number of thioether (sulfide) groups is 1. The molecule has 0 saturated heterocycles. The highest BCUT2D eigenvalue weighted by Gasteiger charge is 2.20. The smallest absolute Gasteiger partial charge is 0.272 e. The molecule has 8 heteroatoms. The lowest BCUT2D eigenvalue weighted by Crippen LogP contribution is -2.30. The first kappa shape index (κ1) is 30.6. The van der Waals surface area contributed by atoms with E-state index in [1.165, 1.54) is 11.8 Å². The third kappa shape index (κ3) is 7.95. The minimum Gasteiger partial charge on any atom is -0.325 e. The fraction of sp³-hybridized carbons (Fsp3) is 0.0833. The Morgan fingerprint density at radius 3 is 2.23 bits per heavy atom. The Morgan fingerprint density at radius 2 is 1.45 bits per heavy atom. The zero-order chi connectivity index (χ0) is 30.9. The maximum absolute atomic E-state index is 13.7. The fourth-order valence-corrected chi connectivity index (χ4v) is 5.80. The molecule has 1 atom stereocenters. The van der Waals surface area contributed by atoms with Crippen LogP contribution >= 0.6 is 23.4 Å². The van der Waals surface area contributed by atoms with Crippen LogP contribution in [0.5, 0.6) is 0 Å². The number of nitrogens with one attached hydrogen (secondary N) is 3. The molecule has 3 N–H and O–H groups in total. The van der Waals surface area contributed by atoms with Gasteiger partial charge in [0.25, 0.3) is 11.8 Å². The second-order valence-corrected chi connectivity index (χ2v) is 11.7. The fourth-order valence-electron chi connectivity index (χ4n) is 4.60. The molecule has 0 aliphatic heterocycles. The molecule has 5 aromatic carbocycles. The summed E-state index contributed by atoms with van der Waals surface area (Å²) in [6.45, 7) is 1.95. The highest BCUT2D eigenvalue weighted by atomic mass is 35.5. The third-order valence-electron chi connectivity index (χ3n) is 6.78. The first-order chi connectivity index (χ1) is 21.4. The van der Waals surface area contributed by atoms with Crippen LogP contribution in [0, 0.1) is 0 Å². The average molecular weight is 620 g/mol. The van der Waals surface area contributed by atoms with Crippen molar-refractivity contribution in [3.63, 3.8) is 0 Å². The topological polar surface area (TPSA) is 87.3 Å². The van der Waals surface area contributed by atoms with Gasteiger partial charge in [-0.15, -0.1) is 11.8 Å². The number of hydrogen-bond acceptors (Lipinski definition) is 4. The van der Waals surface area contributed by atoms with E-state index in [1.807, 2.05) is 73.7 Å². The van der Waals surface area contributed by atoms with Crippen LogP contribution in [0.1, 0.15) is 29.3 Å². The zero-order valence-corrected chi connectivity index (χ0v) is 25.5. The number of amides is 3. The van der Waals surface area contributed by atoms with Crippen molar-refractivity contribution < 1.29 is 14.4 Å². The van der Waals surface area contributed by atoms with Crippen LogP contribution in [-0.2, 0) is 9.59 Å². The largest absolute Gasteiger partial charge is 0.325 e. The van der Waals surface area contributed by atoms with Crippen LogP contribution in [0.4, 0.5) is 11.4 Å². The molecule has 220 valence electrons. The first-order valence-corrected chi connectivity index (χ1v) is 15.4. The molecular weight excluding hydrogens is 590 g/mol. The van der Waals surface area contributed by atoms with Crippen molar-refractivity contribution in [2.75, 3.05) is 10.6 Å². The molecule has 3 amide bonds. The van der Waals surface area contributed by atoms with Gasteiger partial charge in [-0.25, -0.2) is 0 Å². The predicted octanol–water partition coefficient (Wildman–Crippen LogP) is 8.41. The maximum atomic E-state index is 13.7. The SMILES string of the molecule is CCC(Sc1cccc(NC(=O)/C(=C\c2cccc3ccccc23)NC(=O)c2ccccc2)c1)C(=O)Nc1cccc(Cl)c1. The molecule has 0 aliphatic carbocycles. The molecule has 0 radical (unpaired) electrons. The van der Waals surface area contributed by atoms with E-state index in [0.717, 1.165) is 21.2 Å². The van der Waals surface area contributed by atoms with E-state index in [0.29, 0.717) is 28.4 Å². The summed E-state index contributed by atoms with van der Waals surface area (Å²) >= 11 is 7.47. The standard InChI is InChI=1S/C36H30ClN3O3S/c1-2-33(36(43)39-28-17-9-16-27(37)22-28)44-30-19-10-18-29(23-30)38-35(42)32(40-34(41)25-12-4-3-5-13-25)21-26-15-8-14-24-11-6-7-20-31(24)26/h3-23,33H,2H2,1H3,(H,38,42)(H,39,43)(H,40,41)/b32-21+. The first-order valence-electron chi connectivity index (χ1n) is 14.1. The Balaban J connectivity index is 1.37. The summed E-state index contributed by atoms with van der Waals surface area (Å²) in [4.78, 5) is 40.6. The number of hydrogen-bond donors (Lipinski definition) is 3. The van der Waals surface area contributed by atoms with E-state index in [4.69, 9.17) is 11.6 Å². The van der Waals surface area contributed by atoms with Crippen LogP contribution in [0.15, 0.2) is 132 Å². The minimum absolute atomic E-state index is 0.0978. The van der Waals surface area contributed by atoms with Gasteiger partial charge in [0.2, 0.25) is 5.91 Å². The molecular formula is C36H30ClN3O3S. The highest BCUT2D eigenvalue weighted by Crippen LogP contribution is 2.29. The van der Waals surface area contributed by atoms with Gasteiger partial charge in [0.1, 0.15) is 5.70 Å².